The van der Waals surface area contributed by atoms with Crippen molar-refractivity contribution in [1.29, 1.82) is 0 Å². The molecule has 5 nitrogen and oxygen atoms in total. The minimum Gasteiger partial charge on any atom is -0.493 e. The third kappa shape index (κ3) is 4.87. The molecule has 1 saturated carbocycles. The molecule has 3 aromatic rings. The van der Waals surface area contributed by atoms with Crippen LogP contribution in [0, 0.1) is 11.8 Å². The second-order valence-electron chi connectivity index (χ2n) is 12.5. The number of nitrogens with one attached hydrogen (secondary N) is 1. The van der Waals surface area contributed by atoms with Crippen LogP contribution in [-0.4, -0.2) is 28.2 Å². The summed E-state index contributed by atoms with van der Waals surface area (Å²) in [5.41, 5.74) is 5.10. The van der Waals surface area contributed by atoms with Crippen LogP contribution >= 0.6 is 11.6 Å². The van der Waals surface area contributed by atoms with Gasteiger partial charge in [-0.05, 0) is 110 Å². The second kappa shape index (κ2) is 10.7. The molecule has 1 heterocycles. The van der Waals surface area contributed by atoms with Gasteiger partial charge < -0.3 is 15.2 Å². The second-order valence-corrected chi connectivity index (χ2v) is 12.9. The number of carboxylic acid groups (broad SMARTS) is 1. The highest BCUT2D eigenvalue weighted by atomic mass is 35.5. The number of hydrogen-bond acceptors (Lipinski definition) is 4. The number of carbonyl (C=O) groups is 1. The van der Waals surface area contributed by atoms with Crippen LogP contribution in [0.5, 0.6) is 5.75 Å². The van der Waals surface area contributed by atoms with Crippen LogP contribution in [0.4, 0.5) is 5.69 Å². The molecule has 0 aliphatic heterocycles. The maximum Gasteiger partial charge on any atom is 0.329 e. The summed E-state index contributed by atoms with van der Waals surface area (Å²) in [6.45, 7) is 5.25. The summed E-state index contributed by atoms with van der Waals surface area (Å²) in [5.74, 6) is 1.56. The van der Waals surface area contributed by atoms with Gasteiger partial charge in [0.25, 0.3) is 0 Å². The van der Waals surface area contributed by atoms with Crippen LogP contribution in [0.1, 0.15) is 80.7 Å². The largest absolute Gasteiger partial charge is 0.493 e. The van der Waals surface area contributed by atoms with Gasteiger partial charge in [0.2, 0.25) is 0 Å². The first-order valence-electron chi connectivity index (χ1n) is 14.8. The Morgan fingerprint density at radius 3 is 2.73 bits per heavy atom. The molecule has 3 aliphatic carbocycles. The van der Waals surface area contributed by atoms with Gasteiger partial charge >= 0.3 is 5.97 Å². The van der Waals surface area contributed by atoms with E-state index < -0.39 is 11.5 Å². The van der Waals surface area contributed by atoms with Gasteiger partial charge in [-0.2, -0.15) is 0 Å². The molecular weight excluding hydrogens is 520 g/mol. The van der Waals surface area contributed by atoms with Crippen LogP contribution in [0.2, 0.25) is 5.02 Å². The molecule has 3 atom stereocenters. The van der Waals surface area contributed by atoms with E-state index in [0.717, 1.165) is 50.0 Å². The van der Waals surface area contributed by atoms with E-state index in [1.807, 2.05) is 36.5 Å². The first kappa shape index (κ1) is 27.1. The quantitative estimate of drug-likeness (QED) is 0.295. The molecule has 1 fully saturated rings. The summed E-state index contributed by atoms with van der Waals surface area (Å²) in [6.07, 6.45) is 9.00. The highest BCUT2D eigenvalue weighted by molar-refractivity contribution is 6.30. The van der Waals surface area contributed by atoms with Crippen molar-refractivity contribution >= 4 is 23.3 Å². The van der Waals surface area contributed by atoms with Gasteiger partial charge in [0, 0.05) is 28.2 Å². The molecule has 40 heavy (non-hydrogen) atoms. The average molecular weight is 559 g/mol. The molecule has 210 valence electrons. The summed E-state index contributed by atoms with van der Waals surface area (Å²) < 4.78 is 6.45. The van der Waals surface area contributed by atoms with E-state index in [-0.39, 0.29) is 5.41 Å². The number of ether oxygens (including phenoxy) is 1. The zero-order chi connectivity index (χ0) is 27.9. The number of fused-ring (bicyclic) bond motifs is 3. The first-order valence-corrected chi connectivity index (χ1v) is 15.1. The predicted octanol–water partition coefficient (Wildman–Crippen LogP) is 7.81. The number of benzene rings is 2. The summed E-state index contributed by atoms with van der Waals surface area (Å²) in [5, 5.41) is 14.4. The molecule has 6 heteroatoms. The van der Waals surface area contributed by atoms with E-state index in [9.17, 15) is 9.90 Å². The number of halogens is 1. The minimum absolute atomic E-state index is 0.00769. The van der Waals surface area contributed by atoms with E-state index in [0.29, 0.717) is 42.2 Å². The molecule has 0 saturated heterocycles. The van der Waals surface area contributed by atoms with Crippen LogP contribution in [-0.2, 0) is 23.1 Å². The Hall–Kier alpha value is -3.05. The normalized spacial score (nSPS) is 27.7. The Kier molecular flexibility index (Phi) is 7.28. The SMILES string of the molecule is C[C@@H](COc1ccnc2c1[C@H](C)CC2)C[C@H]1Cc2ccccc2C12CCC(Nc1cccc(Cl)c1)(C(=O)O)CC2. The Bertz CT molecular complexity index is 1400. The number of rotatable bonds is 8. The molecule has 0 unspecified atom stereocenters. The molecule has 3 aliphatic rings. The number of anilines is 1. The van der Waals surface area contributed by atoms with Crippen molar-refractivity contribution in [3.05, 3.63) is 88.2 Å². The van der Waals surface area contributed by atoms with Gasteiger partial charge in [-0.1, -0.05) is 55.8 Å². The van der Waals surface area contributed by atoms with Crippen molar-refractivity contribution < 1.29 is 14.6 Å². The lowest BCUT2D eigenvalue weighted by atomic mass is 9.59. The summed E-state index contributed by atoms with van der Waals surface area (Å²) in [7, 11) is 0. The number of nitrogens with zero attached hydrogens (tertiary/aromatic N) is 1. The highest BCUT2D eigenvalue weighted by Gasteiger charge is 2.54. The Labute approximate surface area is 242 Å². The molecule has 1 spiro atoms. The first-order chi connectivity index (χ1) is 19.3. The Balaban J connectivity index is 1.19. The van der Waals surface area contributed by atoms with Crippen molar-refractivity contribution in [1.82, 2.24) is 4.98 Å². The lowest BCUT2D eigenvalue weighted by molar-refractivity contribution is -0.144. The number of carboxylic acids is 1. The average Bonchev–Trinajstić information content (AvgIpc) is 3.47. The molecule has 2 aromatic carbocycles. The number of pyridine rings is 1. The Morgan fingerprint density at radius 2 is 1.95 bits per heavy atom. The van der Waals surface area contributed by atoms with Crippen LogP contribution in [0.3, 0.4) is 0 Å². The summed E-state index contributed by atoms with van der Waals surface area (Å²) in [4.78, 5) is 17.3. The van der Waals surface area contributed by atoms with Crippen LogP contribution in [0.15, 0.2) is 60.8 Å². The maximum atomic E-state index is 12.7. The van der Waals surface area contributed by atoms with Crippen molar-refractivity contribution in [2.75, 3.05) is 11.9 Å². The fourth-order valence-electron chi connectivity index (χ4n) is 7.84. The van der Waals surface area contributed by atoms with Gasteiger partial charge in [-0.25, -0.2) is 4.79 Å². The standard InChI is InChI=1S/C34H39ClN2O3/c1-22(21-40-30-12-17-36-29-11-10-23(2)31(29)30)18-25-19-24-6-3-4-9-28(24)33(25)13-15-34(16-14-33,32(38)39)37-27-8-5-7-26(35)20-27/h3-9,12,17,20,22-23,25,37H,10-11,13-16,18-19,21H2,1-2H3,(H,38,39)/t22-,23-,25+,33?,34?/m1/s1. The number of aliphatic carboxylic acids is 1. The van der Waals surface area contributed by atoms with Gasteiger partial charge in [-0.15, -0.1) is 0 Å². The molecule has 0 amide bonds. The summed E-state index contributed by atoms with van der Waals surface area (Å²) in [6, 6.07) is 18.2. The van der Waals surface area contributed by atoms with Crippen molar-refractivity contribution in [2.45, 2.75) is 82.1 Å². The molecule has 2 N–H and O–H groups in total. The van der Waals surface area contributed by atoms with E-state index in [2.05, 4.69) is 48.4 Å². The predicted molar refractivity (Wildman–Crippen MR) is 159 cm³/mol. The maximum absolute atomic E-state index is 12.7. The topological polar surface area (TPSA) is 71.5 Å². The summed E-state index contributed by atoms with van der Waals surface area (Å²) >= 11 is 6.21. The third-order valence-corrected chi connectivity index (χ3v) is 10.2. The molecular formula is C34H39ClN2O3. The smallest absolute Gasteiger partial charge is 0.329 e. The van der Waals surface area contributed by atoms with E-state index in [1.165, 1.54) is 22.4 Å². The van der Waals surface area contributed by atoms with Gasteiger partial charge in [0.05, 0.1) is 6.61 Å². The van der Waals surface area contributed by atoms with Gasteiger partial charge in [0.1, 0.15) is 11.3 Å². The van der Waals surface area contributed by atoms with E-state index in [4.69, 9.17) is 16.3 Å². The highest BCUT2D eigenvalue weighted by Crippen LogP contribution is 2.56. The monoisotopic (exact) mass is 558 g/mol. The number of aromatic nitrogens is 1. The molecule has 0 bridgehead atoms. The van der Waals surface area contributed by atoms with Crippen LogP contribution < -0.4 is 10.1 Å². The molecule has 1 aromatic heterocycles. The van der Waals surface area contributed by atoms with Crippen LogP contribution in [0.25, 0.3) is 0 Å². The number of hydrogen-bond donors (Lipinski definition) is 2. The molecule has 0 radical (unpaired) electrons. The third-order valence-electron chi connectivity index (χ3n) is 9.96. The fraction of sp³-hybridized carbons (Fsp3) is 0.471. The van der Waals surface area contributed by atoms with Crippen molar-refractivity contribution in [2.24, 2.45) is 11.8 Å². The fourth-order valence-corrected chi connectivity index (χ4v) is 8.03. The zero-order valence-corrected chi connectivity index (χ0v) is 24.2. The van der Waals surface area contributed by atoms with Gasteiger partial charge in [-0.3, -0.25) is 4.98 Å². The number of aryl methyl sites for hydroxylation is 1. The molecule has 6 rings (SSSR count). The lowest BCUT2D eigenvalue weighted by Gasteiger charge is -2.47. The van der Waals surface area contributed by atoms with E-state index >= 15 is 0 Å². The van der Waals surface area contributed by atoms with E-state index in [1.54, 1.807) is 0 Å². The van der Waals surface area contributed by atoms with Gasteiger partial charge in [0.15, 0.2) is 0 Å². The van der Waals surface area contributed by atoms with Crippen molar-refractivity contribution in [3.8, 4) is 5.75 Å². The minimum atomic E-state index is -0.995. The zero-order valence-electron chi connectivity index (χ0n) is 23.5. The van der Waals surface area contributed by atoms with Crippen molar-refractivity contribution in [3.63, 3.8) is 0 Å². The lowest BCUT2D eigenvalue weighted by Crippen LogP contribution is -2.53. The Morgan fingerprint density at radius 1 is 1.15 bits per heavy atom.